The summed E-state index contributed by atoms with van der Waals surface area (Å²) in [5, 5.41) is 8.69. The number of nitriles is 1. The third-order valence-corrected chi connectivity index (χ3v) is 2.80. The summed E-state index contributed by atoms with van der Waals surface area (Å²) in [6.45, 7) is 0. The summed E-state index contributed by atoms with van der Waals surface area (Å²) in [7, 11) is 0. The highest BCUT2D eigenvalue weighted by Crippen LogP contribution is 2.52. The maximum atomic E-state index is 11.2. The number of carbonyl (C=O) groups is 1. The fourth-order valence-corrected chi connectivity index (χ4v) is 2.09. The monoisotopic (exact) mass is 135 g/mol. The predicted octanol–water partition coefficient (Wildman–Crippen LogP) is 1.27. The van der Waals surface area contributed by atoms with Crippen LogP contribution in [0.1, 0.15) is 25.7 Å². The van der Waals surface area contributed by atoms with E-state index in [1.165, 1.54) is 0 Å². The average molecular weight is 135 g/mol. The number of ketones is 1. The lowest BCUT2D eigenvalue weighted by molar-refractivity contribution is -0.137. The first-order chi connectivity index (χ1) is 4.77. The van der Waals surface area contributed by atoms with Crippen LogP contribution in [0.15, 0.2) is 0 Å². The van der Waals surface area contributed by atoms with E-state index in [9.17, 15) is 4.79 Å². The van der Waals surface area contributed by atoms with E-state index in [0.29, 0.717) is 12.3 Å². The molecule has 3 rings (SSSR count). The van der Waals surface area contributed by atoms with Gasteiger partial charge in [-0.25, -0.2) is 0 Å². The van der Waals surface area contributed by atoms with Gasteiger partial charge in [0.25, 0.3) is 0 Å². The molecule has 2 heteroatoms. The Balaban J connectivity index is 2.27. The molecule has 3 saturated carbocycles. The molecule has 0 N–H and O–H groups in total. The molecule has 0 atom stereocenters. The lowest BCUT2D eigenvalue weighted by atomic mass is 9.54. The van der Waals surface area contributed by atoms with Gasteiger partial charge in [-0.2, -0.15) is 5.26 Å². The Labute approximate surface area is 59.8 Å². The van der Waals surface area contributed by atoms with E-state index in [0.717, 1.165) is 19.3 Å². The van der Waals surface area contributed by atoms with Crippen molar-refractivity contribution >= 4 is 5.78 Å². The van der Waals surface area contributed by atoms with Gasteiger partial charge >= 0.3 is 0 Å². The topological polar surface area (TPSA) is 40.9 Å². The molecule has 52 valence electrons. The standard InChI is InChI=1S/C8H9NO/c9-5-8-3-6(4-8)1-2-7(8)10/h6H,1-4H2. The minimum absolute atomic E-state index is 0.192. The largest absolute Gasteiger partial charge is 0.298 e. The first kappa shape index (κ1) is 5.91. The number of nitrogens with zero attached hydrogens (tertiary/aromatic N) is 1. The Morgan fingerprint density at radius 1 is 1.60 bits per heavy atom. The fraction of sp³-hybridized carbons (Fsp3) is 0.750. The van der Waals surface area contributed by atoms with Crippen LogP contribution < -0.4 is 0 Å². The highest BCUT2D eigenvalue weighted by atomic mass is 16.1. The third kappa shape index (κ3) is 0.507. The van der Waals surface area contributed by atoms with E-state index < -0.39 is 5.41 Å². The Kier molecular flexibility index (Phi) is 0.947. The molecular formula is C8H9NO. The number of hydrogen-bond donors (Lipinski definition) is 0. The van der Waals surface area contributed by atoms with Crippen LogP contribution in [0, 0.1) is 22.7 Å². The van der Waals surface area contributed by atoms with Gasteiger partial charge in [0.05, 0.1) is 6.07 Å². The highest BCUT2D eigenvalue weighted by molar-refractivity contribution is 5.89. The van der Waals surface area contributed by atoms with Crippen LogP contribution in [-0.2, 0) is 4.79 Å². The summed E-state index contributed by atoms with van der Waals surface area (Å²) in [5.41, 5.74) is -0.511. The van der Waals surface area contributed by atoms with Crippen LogP contribution in [0.2, 0.25) is 0 Å². The lowest BCUT2D eigenvalue weighted by Crippen LogP contribution is -2.47. The number of carbonyl (C=O) groups excluding carboxylic acids is 1. The van der Waals surface area contributed by atoms with E-state index in [-0.39, 0.29) is 5.78 Å². The molecule has 0 saturated heterocycles. The third-order valence-electron chi connectivity index (χ3n) is 2.80. The van der Waals surface area contributed by atoms with Gasteiger partial charge in [0.2, 0.25) is 0 Å². The molecule has 0 radical (unpaired) electrons. The Bertz CT molecular complexity index is 220. The van der Waals surface area contributed by atoms with E-state index in [1.54, 1.807) is 0 Å². The molecule has 0 heterocycles. The smallest absolute Gasteiger partial charge is 0.153 e. The van der Waals surface area contributed by atoms with Crippen molar-refractivity contribution in [3.63, 3.8) is 0 Å². The van der Waals surface area contributed by atoms with Crippen LogP contribution in [0.5, 0.6) is 0 Å². The first-order valence-electron chi connectivity index (χ1n) is 3.71. The quantitative estimate of drug-likeness (QED) is 0.502. The molecule has 0 aliphatic heterocycles. The van der Waals surface area contributed by atoms with Crippen molar-refractivity contribution < 1.29 is 4.79 Å². The van der Waals surface area contributed by atoms with Crippen molar-refractivity contribution in [1.29, 1.82) is 5.26 Å². The normalized spacial score (nSPS) is 43.9. The zero-order valence-corrected chi connectivity index (χ0v) is 5.76. The van der Waals surface area contributed by atoms with Crippen LogP contribution in [0.25, 0.3) is 0 Å². The summed E-state index contributed by atoms with van der Waals surface area (Å²) in [5.74, 6) is 0.884. The number of hydrogen-bond acceptors (Lipinski definition) is 2. The summed E-state index contributed by atoms with van der Waals surface area (Å²) >= 11 is 0. The number of fused-ring (bicyclic) bond motifs is 2. The summed E-state index contributed by atoms with van der Waals surface area (Å²) in [6.07, 6.45) is 3.38. The minimum Gasteiger partial charge on any atom is -0.298 e. The zero-order chi connectivity index (χ0) is 7.19. The van der Waals surface area contributed by atoms with Gasteiger partial charge in [-0.15, -0.1) is 0 Å². The Morgan fingerprint density at radius 2 is 2.30 bits per heavy atom. The van der Waals surface area contributed by atoms with Crippen LogP contribution in [-0.4, -0.2) is 5.78 Å². The van der Waals surface area contributed by atoms with Crippen molar-refractivity contribution in [3.05, 3.63) is 0 Å². The zero-order valence-electron chi connectivity index (χ0n) is 5.76. The molecule has 0 aromatic carbocycles. The maximum absolute atomic E-state index is 11.2. The van der Waals surface area contributed by atoms with Gasteiger partial charge < -0.3 is 0 Å². The minimum atomic E-state index is -0.511. The summed E-state index contributed by atoms with van der Waals surface area (Å²) in [6, 6.07) is 2.15. The Morgan fingerprint density at radius 3 is 2.70 bits per heavy atom. The molecule has 0 aromatic rings. The first-order valence-corrected chi connectivity index (χ1v) is 3.71. The molecule has 3 fully saturated rings. The second-order valence-corrected chi connectivity index (χ2v) is 3.43. The van der Waals surface area contributed by atoms with E-state index >= 15 is 0 Å². The summed E-state index contributed by atoms with van der Waals surface area (Å²) in [4.78, 5) is 11.2. The number of rotatable bonds is 0. The van der Waals surface area contributed by atoms with Crippen molar-refractivity contribution in [1.82, 2.24) is 0 Å². The van der Waals surface area contributed by atoms with E-state index in [1.807, 2.05) is 0 Å². The molecule has 0 aromatic heterocycles. The van der Waals surface area contributed by atoms with Crippen molar-refractivity contribution in [2.45, 2.75) is 25.7 Å². The van der Waals surface area contributed by atoms with Gasteiger partial charge in [0, 0.05) is 6.42 Å². The predicted molar refractivity (Wildman–Crippen MR) is 35.0 cm³/mol. The fourth-order valence-electron chi connectivity index (χ4n) is 2.09. The van der Waals surface area contributed by atoms with Gasteiger partial charge in [0.15, 0.2) is 5.78 Å². The maximum Gasteiger partial charge on any atom is 0.153 e. The molecule has 3 aliphatic rings. The molecule has 10 heavy (non-hydrogen) atoms. The Hall–Kier alpha value is -0.840. The lowest BCUT2D eigenvalue weighted by Gasteiger charge is -2.45. The second kappa shape index (κ2) is 1.60. The van der Waals surface area contributed by atoms with Gasteiger partial charge in [-0.1, -0.05) is 0 Å². The van der Waals surface area contributed by atoms with Crippen LogP contribution in [0.3, 0.4) is 0 Å². The number of Topliss-reactive ketones (excluding diaryl/α,β-unsaturated/α-hetero) is 1. The van der Waals surface area contributed by atoms with Gasteiger partial charge in [0.1, 0.15) is 5.41 Å². The van der Waals surface area contributed by atoms with Crippen molar-refractivity contribution in [2.24, 2.45) is 11.3 Å². The van der Waals surface area contributed by atoms with Crippen molar-refractivity contribution in [2.75, 3.05) is 0 Å². The molecular weight excluding hydrogens is 126 g/mol. The molecule has 0 amide bonds. The van der Waals surface area contributed by atoms with Crippen molar-refractivity contribution in [3.8, 4) is 6.07 Å². The van der Waals surface area contributed by atoms with Crippen LogP contribution >= 0.6 is 0 Å². The second-order valence-electron chi connectivity index (χ2n) is 3.43. The molecule has 2 bridgehead atoms. The average Bonchev–Trinajstić information content (AvgIpc) is 1.86. The SMILES string of the molecule is N#CC12CC(CCC1=O)C2. The van der Waals surface area contributed by atoms with E-state index in [2.05, 4.69) is 6.07 Å². The molecule has 0 spiro atoms. The highest BCUT2D eigenvalue weighted by Gasteiger charge is 2.53. The van der Waals surface area contributed by atoms with Gasteiger partial charge in [-0.05, 0) is 25.2 Å². The van der Waals surface area contributed by atoms with Gasteiger partial charge in [-0.3, -0.25) is 4.79 Å². The summed E-state index contributed by atoms with van der Waals surface area (Å²) < 4.78 is 0. The van der Waals surface area contributed by atoms with Crippen LogP contribution in [0.4, 0.5) is 0 Å². The van der Waals surface area contributed by atoms with E-state index in [4.69, 9.17) is 5.26 Å². The molecule has 0 unspecified atom stereocenters. The molecule has 3 aliphatic carbocycles. The molecule has 2 nitrogen and oxygen atoms in total.